The van der Waals surface area contributed by atoms with E-state index in [0.29, 0.717) is 5.75 Å². The van der Waals surface area contributed by atoms with E-state index in [2.05, 4.69) is 25.1 Å². The van der Waals surface area contributed by atoms with Gasteiger partial charge in [-0.25, -0.2) is 0 Å². The average molecular weight is 230 g/mol. The van der Waals surface area contributed by atoms with Crippen LogP contribution in [0.1, 0.15) is 20.9 Å². The van der Waals surface area contributed by atoms with Crippen LogP contribution in [0.5, 0.6) is 5.75 Å². The molecule has 0 unspecified atom stereocenters. The van der Waals surface area contributed by atoms with E-state index >= 15 is 0 Å². The molecule has 1 aliphatic carbocycles. The zero-order valence-electron chi connectivity index (χ0n) is 9.50. The van der Waals surface area contributed by atoms with Gasteiger partial charge in [0.15, 0.2) is 0 Å². The second kappa shape index (κ2) is 3.36. The van der Waals surface area contributed by atoms with Gasteiger partial charge in [0.1, 0.15) is 5.75 Å². The molecular formula is C14H14OS. The summed E-state index contributed by atoms with van der Waals surface area (Å²) in [5.74, 6) is 0.491. The first-order valence-corrected chi connectivity index (χ1v) is 6.39. The van der Waals surface area contributed by atoms with Crippen LogP contribution < -0.4 is 0 Å². The summed E-state index contributed by atoms with van der Waals surface area (Å²) in [6.07, 6.45) is 2.17. The maximum atomic E-state index is 10.1. The number of rotatable bonds is 0. The largest absolute Gasteiger partial charge is 0.506 e. The lowest BCUT2D eigenvalue weighted by atomic mass is 9.89. The van der Waals surface area contributed by atoms with Crippen LogP contribution in [0.15, 0.2) is 18.2 Å². The number of hydrogen-bond acceptors (Lipinski definition) is 2. The molecule has 0 saturated carbocycles. The highest BCUT2D eigenvalue weighted by Gasteiger charge is 2.22. The average Bonchev–Trinajstić information content (AvgIpc) is 2.55. The van der Waals surface area contributed by atoms with Crippen molar-refractivity contribution in [3.05, 3.63) is 39.1 Å². The molecule has 1 N–H and O–H groups in total. The molecule has 1 heterocycles. The monoisotopic (exact) mass is 230 g/mol. The Hall–Kier alpha value is -1.28. The zero-order valence-corrected chi connectivity index (χ0v) is 10.3. The summed E-state index contributed by atoms with van der Waals surface area (Å²) in [5.41, 5.74) is 4.99. The molecule has 2 aromatic rings. The number of aromatic hydroxyl groups is 1. The van der Waals surface area contributed by atoms with Crippen LogP contribution in [-0.4, -0.2) is 5.11 Å². The molecule has 1 aromatic heterocycles. The zero-order chi connectivity index (χ0) is 11.3. The van der Waals surface area contributed by atoms with Crippen LogP contribution in [0.3, 0.4) is 0 Å². The molecule has 16 heavy (non-hydrogen) atoms. The van der Waals surface area contributed by atoms with Gasteiger partial charge in [0.05, 0.1) is 0 Å². The molecule has 0 atom stereocenters. The van der Waals surface area contributed by atoms with Gasteiger partial charge in [-0.15, -0.1) is 11.3 Å². The van der Waals surface area contributed by atoms with Crippen molar-refractivity contribution in [2.24, 2.45) is 0 Å². The van der Waals surface area contributed by atoms with Crippen LogP contribution in [0.4, 0.5) is 0 Å². The van der Waals surface area contributed by atoms with Crippen molar-refractivity contribution in [3.63, 3.8) is 0 Å². The van der Waals surface area contributed by atoms with Crippen molar-refractivity contribution >= 4 is 11.3 Å². The highest BCUT2D eigenvalue weighted by atomic mass is 32.1. The second-order valence-corrected chi connectivity index (χ2v) is 5.77. The van der Waals surface area contributed by atoms with E-state index in [1.807, 2.05) is 6.92 Å². The fourth-order valence-corrected chi connectivity index (χ4v) is 3.55. The fraction of sp³-hybridized carbons (Fsp3) is 0.286. The van der Waals surface area contributed by atoms with Gasteiger partial charge in [-0.05, 0) is 37.8 Å². The standard InChI is InChI=1S/C14H14OS/c1-8-3-5-11-10(7-8)4-6-12-13(11)14(15)9(2)16-12/h3,5,7,15H,4,6H2,1-2H3. The Bertz CT molecular complexity index is 566. The van der Waals surface area contributed by atoms with Gasteiger partial charge < -0.3 is 5.11 Å². The Morgan fingerprint density at radius 3 is 2.81 bits per heavy atom. The summed E-state index contributed by atoms with van der Waals surface area (Å²) in [5, 5.41) is 10.1. The summed E-state index contributed by atoms with van der Waals surface area (Å²) < 4.78 is 0. The van der Waals surface area contributed by atoms with E-state index in [4.69, 9.17) is 0 Å². The van der Waals surface area contributed by atoms with Crippen LogP contribution in [0.25, 0.3) is 11.1 Å². The quantitative estimate of drug-likeness (QED) is 0.729. The summed E-state index contributed by atoms with van der Waals surface area (Å²) >= 11 is 1.73. The van der Waals surface area contributed by atoms with Gasteiger partial charge in [0.25, 0.3) is 0 Å². The normalized spacial score (nSPS) is 13.4. The number of hydrogen-bond donors (Lipinski definition) is 1. The molecule has 1 aliphatic rings. The van der Waals surface area contributed by atoms with Gasteiger partial charge in [-0.2, -0.15) is 0 Å². The van der Waals surface area contributed by atoms with Gasteiger partial charge in [0, 0.05) is 15.3 Å². The van der Waals surface area contributed by atoms with Crippen molar-refractivity contribution in [2.45, 2.75) is 26.7 Å². The number of aryl methyl sites for hydroxylation is 4. The Kier molecular flexibility index (Phi) is 2.08. The van der Waals surface area contributed by atoms with Crippen molar-refractivity contribution < 1.29 is 5.11 Å². The molecule has 0 fully saturated rings. The smallest absolute Gasteiger partial charge is 0.137 e. The molecule has 0 spiro atoms. The molecule has 0 amide bonds. The summed E-state index contributed by atoms with van der Waals surface area (Å²) in [6.45, 7) is 4.11. The fourth-order valence-electron chi connectivity index (χ4n) is 2.47. The number of thiophene rings is 1. The molecular weight excluding hydrogens is 216 g/mol. The van der Waals surface area contributed by atoms with Crippen LogP contribution >= 0.6 is 11.3 Å². The first-order valence-electron chi connectivity index (χ1n) is 5.58. The van der Waals surface area contributed by atoms with Crippen LogP contribution in [0, 0.1) is 13.8 Å². The Morgan fingerprint density at radius 2 is 2.00 bits per heavy atom. The third kappa shape index (κ3) is 1.30. The minimum atomic E-state index is 0.491. The summed E-state index contributed by atoms with van der Waals surface area (Å²) in [4.78, 5) is 2.38. The Balaban J connectivity index is 2.30. The molecule has 1 aromatic carbocycles. The van der Waals surface area contributed by atoms with E-state index in [0.717, 1.165) is 23.3 Å². The predicted molar refractivity (Wildman–Crippen MR) is 68.3 cm³/mol. The molecule has 0 radical (unpaired) electrons. The lowest BCUT2D eigenvalue weighted by Crippen LogP contribution is -2.01. The minimum Gasteiger partial charge on any atom is -0.506 e. The Labute approximate surface area is 99.4 Å². The highest BCUT2D eigenvalue weighted by Crippen LogP contribution is 2.46. The molecule has 0 aliphatic heterocycles. The topological polar surface area (TPSA) is 20.2 Å². The number of benzene rings is 1. The third-order valence-corrected chi connectivity index (χ3v) is 4.43. The van der Waals surface area contributed by atoms with E-state index in [9.17, 15) is 5.11 Å². The Morgan fingerprint density at radius 1 is 1.19 bits per heavy atom. The van der Waals surface area contributed by atoms with E-state index in [1.165, 1.54) is 21.6 Å². The van der Waals surface area contributed by atoms with Gasteiger partial charge in [-0.3, -0.25) is 0 Å². The van der Waals surface area contributed by atoms with Crippen molar-refractivity contribution in [1.29, 1.82) is 0 Å². The van der Waals surface area contributed by atoms with Crippen molar-refractivity contribution in [2.75, 3.05) is 0 Å². The SMILES string of the molecule is Cc1ccc2c(c1)CCc1sc(C)c(O)c1-2. The minimum absolute atomic E-state index is 0.491. The van der Waals surface area contributed by atoms with Crippen LogP contribution in [0.2, 0.25) is 0 Å². The van der Waals surface area contributed by atoms with Crippen molar-refractivity contribution in [1.82, 2.24) is 0 Å². The third-order valence-electron chi connectivity index (χ3n) is 3.28. The van der Waals surface area contributed by atoms with Crippen LogP contribution in [-0.2, 0) is 12.8 Å². The lowest BCUT2D eigenvalue weighted by Gasteiger charge is -2.17. The van der Waals surface area contributed by atoms with E-state index in [1.54, 1.807) is 11.3 Å². The summed E-state index contributed by atoms with van der Waals surface area (Å²) in [7, 11) is 0. The first-order chi connectivity index (χ1) is 7.66. The number of fused-ring (bicyclic) bond motifs is 3. The van der Waals surface area contributed by atoms with Gasteiger partial charge >= 0.3 is 0 Å². The molecule has 0 bridgehead atoms. The van der Waals surface area contributed by atoms with Gasteiger partial charge in [0.2, 0.25) is 0 Å². The highest BCUT2D eigenvalue weighted by molar-refractivity contribution is 7.12. The second-order valence-electron chi connectivity index (χ2n) is 4.47. The lowest BCUT2D eigenvalue weighted by molar-refractivity contribution is 0.475. The van der Waals surface area contributed by atoms with Gasteiger partial charge in [-0.1, -0.05) is 23.8 Å². The first kappa shape index (κ1) is 9.91. The predicted octanol–water partition coefficient (Wildman–Crippen LogP) is 3.84. The maximum Gasteiger partial charge on any atom is 0.137 e. The molecule has 3 rings (SSSR count). The van der Waals surface area contributed by atoms with E-state index in [-0.39, 0.29) is 0 Å². The van der Waals surface area contributed by atoms with Crippen molar-refractivity contribution in [3.8, 4) is 16.9 Å². The van der Waals surface area contributed by atoms with E-state index < -0.39 is 0 Å². The molecule has 1 nitrogen and oxygen atoms in total. The summed E-state index contributed by atoms with van der Waals surface area (Å²) in [6, 6.07) is 6.51. The molecule has 2 heteroatoms. The molecule has 0 saturated heterocycles. The molecule has 82 valence electrons. The maximum absolute atomic E-state index is 10.1.